The van der Waals surface area contributed by atoms with Crippen molar-refractivity contribution in [1.29, 1.82) is 0 Å². The second kappa shape index (κ2) is 7.65. The highest BCUT2D eigenvalue weighted by Gasteiger charge is 2.34. The molecule has 9 nitrogen and oxygen atoms in total. The third-order valence-electron chi connectivity index (χ3n) is 4.04. The highest BCUT2D eigenvalue weighted by Crippen LogP contribution is 2.37. The molecule has 1 unspecified atom stereocenters. The van der Waals surface area contributed by atoms with E-state index in [2.05, 4.69) is 15.3 Å². The van der Waals surface area contributed by atoms with E-state index in [-0.39, 0.29) is 17.8 Å². The second-order valence-corrected chi connectivity index (χ2v) is 5.68. The number of fused-ring (bicyclic) bond motifs is 1. The lowest BCUT2D eigenvalue weighted by atomic mass is 9.92. The standard InChI is InChI=1S/C18H15N3O6/c1-26-18(23)20-19-15(11-5-4-6-12(9-11)21(24)25)10-14-13-7-2-3-8-16(13)27-17(14)22/h2-9,14H,10H2,1H3,(H,20,23). The first kappa shape index (κ1) is 18.1. The quantitative estimate of drug-likeness (QED) is 0.284. The molecule has 1 aliphatic heterocycles. The zero-order chi connectivity index (χ0) is 19.4. The van der Waals surface area contributed by atoms with E-state index in [1.54, 1.807) is 30.3 Å². The Kier molecular flexibility index (Phi) is 5.11. The molecule has 0 radical (unpaired) electrons. The number of hydrogen-bond donors (Lipinski definition) is 1. The monoisotopic (exact) mass is 369 g/mol. The molecule has 2 aromatic rings. The molecule has 1 amide bonds. The molecule has 0 aromatic heterocycles. The third-order valence-corrected chi connectivity index (χ3v) is 4.04. The summed E-state index contributed by atoms with van der Waals surface area (Å²) in [5.41, 5.74) is 3.44. The van der Waals surface area contributed by atoms with Crippen LogP contribution >= 0.6 is 0 Å². The molecular formula is C18H15N3O6. The van der Waals surface area contributed by atoms with Crippen LogP contribution in [0.25, 0.3) is 0 Å². The van der Waals surface area contributed by atoms with Crippen molar-refractivity contribution in [3.63, 3.8) is 0 Å². The van der Waals surface area contributed by atoms with Crippen LogP contribution in [-0.4, -0.2) is 29.8 Å². The van der Waals surface area contributed by atoms with Crippen molar-refractivity contribution in [2.24, 2.45) is 5.10 Å². The van der Waals surface area contributed by atoms with Crippen LogP contribution in [-0.2, 0) is 9.53 Å². The number of methoxy groups -OCH3 is 1. The number of benzene rings is 2. The second-order valence-electron chi connectivity index (χ2n) is 5.68. The summed E-state index contributed by atoms with van der Waals surface area (Å²) in [6.07, 6.45) is -0.714. The highest BCUT2D eigenvalue weighted by molar-refractivity contribution is 6.04. The van der Waals surface area contributed by atoms with Gasteiger partial charge < -0.3 is 9.47 Å². The number of nitrogens with zero attached hydrogens (tertiary/aromatic N) is 2. The topological polar surface area (TPSA) is 120 Å². The zero-order valence-corrected chi connectivity index (χ0v) is 14.2. The number of rotatable bonds is 5. The Hall–Kier alpha value is -3.75. The summed E-state index contributed by atoms with van der Waals surface area (Å²) in [7, 11) is 1.18. The van der Waals surface area contributed by atoms with Crippen LogP contribution in [0.2, 0.25) is 0 Å². The number of nitrogens with one attached hydrogen (secondary N) is 1. The molecule has 27 heavy (non-hydrogen) atoms. The zero-order valence-electron chi connectivity index (χ0n) is 14.2. The molecule has 0 bridgehead atoms. The molecule has 9 heteroatoms. The molecule has 1 heterocycles. The number of para-hydroxylation sites is 1. The first-order valence-electron chi connectivity index (χ1n) is 7.95. The Balaban J connectivity index is 1.96. The van der Waals surface area contributed by atoms with Crippen LogP contribution in [0, 0.1) is 10.1 Å². The van der Waals surface area contributed by atoms with E-state index < -0.39 is 22.9 Å². The predicted octanol–water partition coefficient (Wildman–Crippen LogP) is 2.75. The van der Waals surface area contributed by atoms with Gasteiger partial charge in [-0.3, -0.25) is 14.9 Å². The van der Waals surface area contributed by atoms with Gasteiger partial charge in [-0.1, -0.05) is 30.3 Å². The Labute approximate surface area is 153 Å². The molecule has 0 saturated heterocycles. The maximum absolute atomic E-state index is 12.3. The van der Waals surface area contributed by atoms with Gasteiger partial charge in [0.25, 0.3) is 5.69 Å². The molecule has 0 aliphatic carbocycles. The summed E-state index contributed by atoms with van der Waals surface area (Å²) in [6, 6.07) is 12.8. The van der Waals surface area contributed by atoms with Crippen LogP contribution in [0.1, 0.15) is 23.5 Å². The molecule has 1 aliphatic rings. The van der Waals surface area contributed by atoms with Crippen molar-refractivity contribution in [2.45, 2.75) is 12.3 Å². The maximum Gasteiger partial charge on any atom is 0.427 e. The number of esters is 1. The predicted molar refractivity (Wildman–Crippen MR) is 94.6 cm³/mol. The van der Waals surface area contributed by atoms with Gasteiger partial charge in [-0.25, -0.2) is 10.2 Å². The van der Waals surface area contributed by atoms with Gasteiger partial charge in [0, 0.05) is 29.7 Å². The minimum absolute atomic E-state index is 0.0843. The first-order valence-corrected chi connectivity index (χ1v) is 7.95. The van der Waals surface area contributed by atoms with Crippen LogP contribution in [0.15, 0.2) is 53.6 Å². The van der Waals surface area contributed by atoms with Crippen molar-refractivity contribution in [2.75, 3.05) is 7.11 Å². The minimum atomic E-state index is -0.799. The fraction of sp³-hybridized carbons (Fsp3) is 0.167. The molecule has 0 fully saturated rings. The molecule has 0 saturated carbocycles. The molecule has 0 spiro atoms. The van der Waals surface area contributed by atoms with Crippen molar-refractivity contribution < 1.29 is 24.0 Å². The Bertz CT molecular complexity index is 940. The average Bonchev–Trinajstić information content (AvgIpc) is 2.99. The lowest BCUT2D eigenvalue weighted by Crippen LogP contribution is -2.22. The van der Waals surface area contributed by atoms with Crippen LogP contribution in [0.5, 0.6) is 5.75 Å². The van der Waals surface area contributed by atoms with E-state index in [1.165, 1.54) is 25.3 Å². The lowest BCUT2D eigenvalue weighted by Gasteiger charge is -2.11. The van der Waals surface area contributed by atoms with E-state index in [1.807, 2.05) is 0 Å². The van der Waals surface area contributed by atoms with Crippen molar-refractivity contribution in [3.05, 3.63) is 69.8 Å². The van der Waals surface area contributed by atoms with Crippen molar-refractivity contribution in [3.8, 4) is 5.75 Å². The number of nitro benzene ring substituents is 1. The smallest absolute Gasteiger partial charge is 0.427 e. The number of non-ortho nitro benzene ring substituents is 1. The SMILES string of the molecule is COC(=O)NN=C(CC1C(=O)Oc2ccccc21)c1cccc([N+](=O)[O-])c1. The number of ether oxygens (including phenoxy) is 2. The Morgan fingerprint density at radius 1 is 1.30 bits per heavy atom. The number of hydrogen-bond acceptors (Lipinski definition) is 7. The van der Waals surface area contributed by atoms with Crippen molar-refractivity contribution in [1.82, 2.24) is 5.43 Å². The van der Waals surface area contributed by atoms with E-state index in [9.17, 15) is 19.7 Å². The molecule has 3 rings (SSSR count). The fourth-order valence-corrected chi connectivity index (χ4v) is 2.74. The Morgan fingerprint density at radius 3 is 2.81 bits per heavy atom. The number of carbonyl (C=O) groups excluding carboxylic acids is 2. The summed E-state index contributed by atoms with van der Waals surface area (Å²) in [5.74, 6) is -0.627. The highest BCUT2D eigenvalue weighted by atomic mass is 16.6. The third kappa shape index (κ3) is 3.92. The van der Waals surface area contributed by atoms with E-state index in [0.29, 0.717) is 16.9 Å². The maximum atomic E-state index is 12.3. The van der Waals surface area contributed by atoms with E-state index in [4.69, 9.17) is 4.74 Å². The number of amides is 1. The molecule has 1 N–H and O–H groups in total. The lowest BCUT2D eigenvalue weighted by molar-refractivity contribution is -0.384. The normalized spacial score (nSPS) is 15.7. The largest absolute Gasteiger partial charge is 0.452 e. The summed E-state index contributed by atoms with van der Waals surface area (Å²) in [4.78, 5) is 34.2. The van der Waals surface area contributed by atoms with E-state index >= 15 is 0 Å². The summed E-state index contributed by atoms with van der Waals surface area (Å²) in [6.45, 7) is 0. The van der Waals surface area contributed by atoms with Crippen LogP contribution < -0.4 is 10.2 Å². The van der Waals surface area contributed by atoms with Gasteiger partial charge in [0.2, 0.25) is 0 Å². The van der Waals surface area contributed by atoms with Crippen molar-refractivity contribution >= 4 is 23.5 Å². The molecule has 138 valence electrons. The summed E-state index contributed by atoms with van der Waals surface area (Å²) in [5, 5.41) is 15.0. The molecule has 1 atom stereocenters. The van der Waals surface area contributed by atoms with Crippen LogP contribution in [0.4, 0.5) is 10.5 Å². The van der Waals surface area contributed by atoms with Gasteiger partial charge >= 0.3 is 12.1 Å². The van der Waals surface area contributed by atoms with E-state index in [0.717, 1.165) is 0 Å². The van der Waals surface area contributed by atoms with Gasteiger partial charge in [0.05, 0.1) is 23.7 Å². The minimum Gasteiger partial charge on any atom is -0.452 e. The average molecular weight is 369 g/mol. The van der Waals surface area contributed by atoms with Gasteiger partial charge in [-0.2, -0.15) is 5.10 Å². The van der Waals surface area contributed by atoms with Crippen LogP contribution in [0.3, 0.4) is 0 Å². The summed E-state index contributed by atoms with van der Waals surface area (Å²) >= 11 is 0. The number of carbonyl (C=O) groups is 2. The number of hydrazone groups is 1. The van der Waals surface area contributed by atoms with Gasteiger partial charge in [-0.15, -0.1) is 0 Å². The Morgan fingerprint density at radius 2 is 2.07 bits per heavy atom. The first-order chi connectivity index (χ1) is 13.0. The summed E-state index contributed by atoms with van der Waals surface area (Å²) < 4.78 is 9.74. The number of nitro groups is 1. The molecular weight excluding hydrogens is 354 g/mol. The van der Waals surface area contributed by atoms with Gasteiger partial charge in [0.1, 0.15) is 5.75 Å². The van der Waals surface area contributed by atoms with Gasteiger partial charge in [0.15, 0.2) is 0 Å². The van der Waals surface area contributed by atoms with Gasteiger partial charge in [-0.05, 0) is 6.07 Å². The fourth-order valence-electron chi connectivity index (χ4n) is 2.74. The molecule has 2 aromatic carbocycles.